The Bertz CT molecular complexity index is 995. The van der Waals surface area contributed by atoms with E-state index in [1.54, 1.807) is 16.8 Å². The maximum atomic E-state index is 6.10. The maximum absolute atomic E-state index is 6.10. The van der Waals surface area contributed by atoms with Crippen LogP contribution in [0.15, 0.2) is 48.7 Å². The Labute approximate surface area is 177 Å². The van der Waals surface area contributed by atoms with Crippen LogP contribution in [0.1, 0.15) is 5.82 Å². The summed E-state index contributed by atoms with van der Waals surface area (Å²) in [7, 11) is 0. The van der Waals surface area contributed by atoms with Gasteiger partial charge in [0.25, 0.3) is 0 Å². The lowest BCUT2D eigenvalue weighted by Crippen LogP contribution is -2.44. The maximum Gasteiger partial charge on any atom is 0.181 e. The van der Waals surface area contributed by atoms with Crippen molar-refractivity contribution in [1.82, 2.24) is 25.1 Å². The van der Waals surface area contributed by atoms with E-state index in [0.717, 1.165) is 42.6 Å². The van der Waals surface area contributed by atoms with Gasteiger partial charge in [-0.3, -0.25) is 0 Å². The molecule has 0 radical (unpaired) electrons. The standard InChI is InChI=1S/C19H17Cl3N6/c20-14-2-1-3-15(12-14)27-10-8-26(9-11-27)7-6-19-23-24-25-28(19)16-4-5-17(21)18(22)13-16/h1-7,12-13H,8-11H2. The third kappa shape index (κ3) is 4.24. The molecular weight excluding hydrogens is 419 g/mol. The number of nitrogens with zero attached hydrogens (tertiary/aromatic N) is 6. The van der Waals surface area contributed by atoms with E-state index in [-0.39, 0.29) is 0 Å². The third-order valence-corrected chi connectivity index (χ3v) is 5.54. The van der Waals surface area contributed by atoms with E-state index in [0.29, 0.717) is 15.9 Å². The van der Waals surface area contributed by atoms with Gasteiger partial charge < -0.3 is 9.80 Å². The molecule has 0 atom stereocenters. The Morgan fingerprint density at radius 2 is 1.68 bits per heavy atom. The summed E-state index contributed by atoms with van der Waals surface area (Å²) < 4.78 is 1.63. The highest BCUT2D eigenvalue weighted by Crippen LogP contribution is 2.25. The molecular formula is C19H17Cl3N6. The van der Waals surface area contributed by atoms with Crippen molar-refractivity contribution in [3.05, 3.63) is 69.6 Å². The number of piperazine rings is 1. The van der Waals surface area contributed by atoms with Crippen molar-refractivity contribution in [2.45, 2.75) is 0 Å². The van der Waals surface area contributed by atoms with Crippen LogP contribution in [0, 0.1) is 0 Å². The van der Waals surface area contributed by atoms with Gasteiger partial charge in [-0.2, -0.15) is 4.68 Å². The topological polar surface area (TPSA) is 50.1 Å². The molecule has 0 bridgehead atoms. The van der Waals surface area contributed by atoms with E-state index >= 15 is 0 Å². The van der Waals surface area contributed by atoms with Crippen LogP contribution in [0.5, 0.6) is 0 Å². The predicted octanol–water partition coefficient (Wildman–Crippen LogP) is 4.42. The van der Waals surface area contributed by atoms with Crippen LogP contribution in [0.25, 0.3) is 11.8 Å². The molecule has 0 aliphatic carbocycles. The summed E-state index contributed by atoms with van der Waals surface area (Å²) in [5.41, 5.74) is 1.91. The summed E-state index contributed by atoms with van der Waals surface area (Å²) in [6.45, 7) is 3.64. The van der Waals surface area contributed by atoms with Gasteiger partial charge in [0, 0.05) is 49.2 Å². The van der Waals surface area contributed by atoms with Gasteiger partial charge in [-0.05, 0) is 46.8 Å². The fourth-order valence-electron chi connectivity index (χ4n) is 3.07. The molecule has 0 saturated carbocycles. The van der Waals surface area contributed by atoms with E-state index in [1.165, 1.54) is 0 Å². The van der Waals surface area contributed by atoms with E-state index in [2.05, 4.69) is 31.4 Å². The van der Waals surface area contributed by atoms with Gasteiger partial charge in [0.1, 0.15) is 0 Å². The highest BCUT2D eigenvalue weighted by molar-refractivity contribution is 6.42. The van der Waals surface area contributed by atoms with Gasteiger partial charge in [0.15, 0.2) is 5.82 Å². The number of hydrogen-bond donors (Lipinski definition) is 0. The molecule has 2 aromatic carbocycles. The number of anilines is 1. The first-order valence-electron chi connectivity index (χ1n) is 8.77. The molecule has 6 nitrogen and oxygen atoms in total. The van der Waals surface area contributed by atoms with Crippen molar-refractivity contribution in [1.29, 1.82) is 0 Å². The lowest BCUT2D eigenvalue weighted by atomic mass is 10.2. The number of tetrazole rings is 1. The number of benzene rings is 2. The third-order valence-electron chi connectivity index (χ3n) is 4.56. The minimum absolute atomic E-state index is 0.460. The second-order valence-electron chi connectivity index (χ2n) is 6.37. The molecule has 3 aromatic rings. The zero-order chi connectivity index (χ0) is 19.5. The van der Waals surface area contributed by atoms with Crippen LogP contribution in [0.4, 0.5) is 5.69 Å². The van der Waals surface area contributed by atoms with Gasteiger partial charge >= 0.3 is 0 Å². The Balaban J connectivity index is 1.42. The summed E-state index contributed by atoms with van der Waals surface area (Å²) in [5, 5.41) is 13.6. The first-order chi connectivity index (χ1) is 13.6. The van der Waals surface area contributed by atoms with Crippen molar-refractivity contribution < 1.29 is 0 Å². The van der Waals surface area contributed by atoms with Crippen molar-refractivity contribution >= 4 is 46.6 Å². The van der Waals surface area contributed by atoms with Crippen molar-refractivity contribution in [3.8, 4) is 5.69 Å². The summed E-state index contributed by atoms with van der Waals surface area (Å²) >= 11 is 18.2. The Morgan fingerprint density at radius 1 is 0.857 bits per heavy atom. The summed E-state index contributed by atoms with van der Waals surface area (Å²) in [5.74, 6) is 0.621. The van der Waals surface area contributed by atoms with E-state index < -0.39 is 0 Å². The fourth-order valence-corrected chi connectivity index (χ4v) is 3.55. The molecule has 1 aliphatic heterocycles. The molecule has 1 aromatic heterocycles. The van der Waals surface area contributed by atoms with E-state index in [1.807, 2.05) is 36.5 Å². The number of aromatic nitrogens is 4. The van der Waals surface area contributed by atoms with Gasteiger partial charge in [-0.25, -0.2) is 0 Å². The highest BCUT2D eigenvalue weighted by atomic mass is 35.5. The number of hydrogen-bond acceptors (Lipinski definition) is 5. The zero-order valence-electron chi connectivity index (χ0n) is 14.8. The molecule has 1 aliphatic rings. The molecule has 0 unspecified atom stereocenters. The summed E-state index contributed by atoms with van der Waals surface area (Å²) in [4.78, 5) is 4.57. The van der Waals surface area contributed by atoms with Crippen molar-refractivity contribution in [2.24, 2.45) is 0 Å². The quantitative estimate of drug-likeness (QED) is 0.607. The summed E-state index contributed by atoms with van der Waals surface area (Å²) in [6, 6.07) is 13.2. The first-order valence-corrected chi connectivity index (χ1v) is 9.90. The van der Waals surface area contributed by atoms with Gasteiger partial charge in [0.2, 0.25) is 0 Å². The second-order valence-corrected chi connectivity index (χ2v) is 7.62. The van der Waals surface area contributed by atoms with Crippen LogP contribution >= 0.6 is 34.8 Å². The summed E-state index contributed by atoms with van der Waals surface area (Å²) in [6.07, 6.45) is 3.92. The molecule has 28 heavy (non-hydrogen) atoms. The van der Waals surface area contributed by atoms with Crippen LogP contribution in [-0.2, 0) is 0 Å². The number of rotatable bonds is 4. The molecule has 1 fully saturated rings. The van der Waals surface area contributed by atoms with Gasteiger partial charge in [-0.1, -0.05) is 40.9 Å². The van der Waals surface area contributed by atoms with E-state index in [4.69, 9.17) is 34.8 Å². The molecule has 2 heterocycles. The zero-order valence-corrected chi connectivity index (χ0v) is 17.1. The van der Waals surface area contributed by atoms with Crippen LogP contribution in [0.3, 0.4) is 0 Å². The van der Waals surface area contributed by atoms with Gasteiger partial charge in [0.05, 0.1) is 15.7 Å². The fraction of sp³-hybridized carbons (Fsp3) is 0.211. The van der Waals surface area contributed by atoms with Crippen LogP contribution in [0.2, 0.25) is 15.1 Å². The van der Waals surface area contributed by atoms with E-state index in [9.17, 15) is 0 Å². The normalized spacial score (nSPS) is 14.8. The molecule has 0 N–H and O–H groups in total. The van der Waals surface area contributed by atoms with Gasteiger partial charge in [-0.15, -0.1) is 5.10 Å². The Morgan fingerprint density at radius 3 is 2.43 bits per heavy atom. The van der Waals surface area contributed by atoms with Crippen molar-refractivity contribution in [3.63, 3.8) is 0 Å². The lowest BCUT2D eigenvalue weighted by Gasteiger charge is -2.35. The average Bonchev–Trinajstić information content (AvgIpc) is 3.17. The Hall–Kier alpha value is -2.28. The molecule has 4 rings (SSSR count). The molecule has 0 spiro atoms. The second kappa shape index (κ2) is 8.39. The van der Waals surface area contributed by atoms with Crippen LogP contribution < -0.4 is 4.90 Å². The molecule has 9 heteroatoms. The average molecular weight is 436 g/mol. The SMILES string of the molecule is Clc1cccc(N2CCN(C=Cc3nnnn3-c3ccc(Cl)c(Cl)c3)CC2)c1. The predicted molar refractivity (Wildman–Crippen MR) is 113 cm³/mol. The number of halogens is 3. The minimum Gasteiger partial charge on any atom is -0.374 e. The minimum atomic E-state index is 0.460. The van der Waals surface area contributed by atoms with Crippen molar-refractivity contribution in [2.75, 3.05) is 31.1 Å². The monoisotopic (exact) mass is 434 g/mol. The lowest BCUT2D eigenvalue weighted by molar-refractivity contribution is 0.351. The first kappa shape index (κ1) is 19.1. The molecule has 144 valence electrons. The molecule has 0 amide bonds. The largest absolute Gasteiger partial charge is 0.374 e. The highest BCUT2D eigenvalue weighted by Gasteiger charge is 2.15. The smallest absolute Gasteiger partial charge is 0.181 e. The molecule has 1 saturated heterocycles. The van der Waals surface area contributed by atoms with Crippen LogP contribution in [-0.4, -0.2) is 51.3 Å². The Kier molecular flexibility index (Phi) is 5.71.